The van der Waals surface area contributed by atoms with E-state index in [1.54, 1.807) is 18.3 Å². The van der Waals surface area contributed by atoms with Gasteiger partial charge in [0.05, 0.1) is 11.8 Å². The number of rotatable bonds is 1. The highest BCUT2D eigenvalue weighted by Gasteiger charge is 1.82. The molecule has 1 rings (SSSR count). The zero-order chi connectivity index (χ0) is 6.53. The Morgan fingerprint density at radius 1 is 1.78 bits per heavy atom. The molecule has 1 N–H and O–H groups in total. The van der Waals surface area contributed by atoms with Gasteiger partial charge in [-0.1, -0.05) is 0 Å². The van der Waals surface area contributed by atoms with Crippen molar-refractivity contribution in [2.45, 2.75) is 0 Å². The van der Waals surface area contributed by atoms with Crippen molar-refractivity contribution in [2.24, 2.45) is 0 Å². The highest BCUT2D eigenvalue weighted by Crippen LogP contribution is 1.92. The van der Waals surface area contributed by atoms with E-state index in [0.717, 1.165) is 5.69 Å². The van der Waals surface area contributed by atoms with E-state index in [2.05, 4.69) is 10.2 Å². The van der Waals surface area contributed by atoms with Gasteiger partial charge in [0.2, 0.25) is 0 Å². The van der Waals surface area contributed by atoms with Crippen LogP contribution in [0.1, 0.15) is 5.69 Å². The van der Waals surface area contributed by atoms with Crippen LogP contribution in [-0.2, 0) is 0 Å². The zero-order valence-corrected chi connectivity index (χ0v) is 4.70. The van der Waals surface area contributed by atoms with Crippen molar-refractivity contribution in [3.63, 3.8) is 0 Å². The fourth-order valence-corrected chi connectivity index (χ4v) is 0.487. The van der Waals surface area contributed by atoms with Crippen LogP contribution in [0, 0.1) is 11.3 Å². The molecule has 0 unspecified atom stereocenters. The number of H-pyrrole nitrogens is 1. The summed E-state index contributed by atoms with van der Waals surface area (Å²) in [6.07, 6.45) is 4.73. The molecule has 0 aliphatic heterocycles. The second-order valence-electron chi connectivity index (χ2n) is 1.46. The molecule has 44 valence electrons. The quantitative estimate of drug-likeness (QED) is 0.559. The number of nitrogens with one attached hydrogen (secondary N) is 1. The van der Waals surface area contributed by atoms with Crippen LogP contribution in [0.25, 0.3) is 6.08 Å². The number of aromatic nitrogens is 2. The number of aromatic amines is 1. The van der Waals surface area contributed by atoms with Gasteiger partial charge in [0.1, 0.15) is 0 Å². The molecule has 0 radical (unpaired) electrons. The number of nitrogens with zero attached hydrogens (tertiary/aromatic N) is 2. The van der Waals surface area contributed by atoms with Crippen LogP contribution < -0.4 is 0 Å². The first-order valence-electron chi connectivity index (χ1n) is 2.49. The first-order valence-corrected chi connectivity index (χ1v) is 2.49. The summed E-state index contributed by atoms with van der Waals surface area (Å²) in [5.74, 6) is 0. The van der Waals surface area contributed by atoms with Crippen LogP contribution in [-0.4, -0.2) is 10.2 Å². The van der Waals surface area contributed by atoms with Crippen molar-refractivity contribution in [2.75, 3.05) is 0 Å². The van der Waals surface area contributed by atoms with Crippen LogP contribution in [0.4, 0.5) is 0 Å². The Bertz CT molecular complexity index is 227. The van der Waals surface area contributed by atoms with Crippen LogP contribution in [0.3, 0.4) is 0 Å². The van der Waals surface area contributed by atoms with Crippen LogP contribution in [0.15, 0.2) is 18.3 Å². The lowest BCUT2D eigenvalue weighted by Gasteiger charge is -1.72. The average molecular weight is 119 g/mol. The summed E-state index contributed by atoms with van der Waals surface area (Å²) >= 11 is 0. The maximum absolute atomic E-state index is 8.09. The van der Waals surface area contributed by atoms with E-state index in [4.69, 9.17) is 5.26 Å². The smallest absolute Gasteiger partial charge is 0.0912 e. The summed E-state index contributed by atoms with van der Waals surface area (Å²) in [7, 11) is 0. The number of allylic oxidation sites excluding steroid dienone is 1. The molecule has 0 aromatic carbocycles. The molecular formula is C6H5N3. The molecule has 9 heavy (non-hydrogen) atoms. The molecule has 1 aromatic rings. The Kier molecular flexibility index (Phi) is 1.66. The van der Waals surface area contributed by atoms with Crippen molar-refractivity contribution in [1.29, 1.82) is 5.26 Å². The summed E-state index contributed by atoms with van der Waals surface area (Å²) in [6.45, 7) is 0. The van der Waals surface area contributed by atoms with Gasteiger partial charge in [0, 0.05) is 12.3 Å². The minimum atomic E-state index is 0.775. The second kappa shape index (κ2) is 2.68. The maximum atomic E-state index is 8.09. The Hall–Kier alpha value is -1.56. The lowest BCUT2D eigenvalue weighted by atomic mass is 10.4. The van der Waals surface area contributed by atoms with E-state index < -0.39 is 0 Å². The maximum Gasteiger partial charge on any atom is 0.0912 e. The minimum Gasteiger partial charge on any atom is -0.285 e. The SMILES string of the molecule is N#CC=Cc1cc[nH]n1. The van der Waals surface area contributed by atoms with Crippen molar-refractivity contribution >= 4 is 6.08 Å². The van der Waals surface area contributed by atoms with Gasteiger partial charge in [-0.25, -0.2) is 0 Å². The van der Waals surface area contributed by atoms with Crippen LogP contribution >= 0.6 is 0 Å². The first-order chi connectivity index (χ1) is 4.43. The number of hydrogen-bond acceptors (Lipinski definition) is 2. The molecule has 0 fully saturated rings. The molecule has 0 amide bonds. The van der Waals surface area contributed by atoms with E-state index in [1.807, 2.05) is 6.07 Å². The highest BCUT2D eigenvalue weighted by atomic mass is 15.1. The van der Waals surface area contributed by atoms with Gasteiger partial charge in [-0.15, -0.1) is 0 Å². The molecule has 0 spiro atoms. The predicted octanol–water partition coefficient (Wildman–Crippen LogP) is 0.946. The number of nitriles is 1. The zero-order valence-electron chi connectivity index (χ0n) is 4.70. The predicted molar refractivity (Wildman–Crippen MR) is 33.2 cm³/mol. The van der Waals surface area contributed by atoms with Crippen LogP contribution in [0.2, 0.25) is 0 Å². The summed E-state index contributed by atoms with van der Waals surface area (Å²) in [5, 5.41) is 14.5. The number of hydrogen-bond donors (Lipinski definition) is 1. The van der Waals surface area contributed by atoms with Gasteiger partial charge in [0.25, 0.3) is 0 Å². The second-order valence-corrected chi connectivity index (χ2v) is 1.46. The third-order valence-corrected chi connectivity index (χ3v) is 0.851. The Balaban J connectivity index is 2.71. The van der Waals surface area contributed by atoms with Gasteiger partial charge >= 0.3 is 0 Å². The normalized spacial score (nSPS) is 9.67. The molecule has 0 saturated heterocycles. The Labute approximate surface area is 52.6 Å². The van der Waals surface area contributed by atoms with E-state index in [9.17, 15) is 0 Å². The molecule has 0 atom stereocenters. The molecule has 1 heterocycles. The Morgan fingerprint density at radius 3 is 3.22 bits per heavy atom. The minimum absolute atomic E-state index is 0.775. The van der Waals surface area contributed by atoms with Crippen molar-refractivity contribution in [1.82, 2.24) is 10.2 Å². The molecule has 0 aliphatic carbocycles. The topological polar surface area (TPSA) is 52.5 Å². The summed E-state index contributed by atoms with van der Waals surface area (Å²) in [5.41, 5.74) is 0.775. The largest absolute Gasteiger partial charge is 0.285 e. The molecule has 0 saturated carbocycles. The highest BCUT2D eigenvalue weighted by molar-refractivity contribution is 5.46. The lowest BCUT2D eigenvalue weighted by Crippen LogP contribution is -1.68. The monoisotopic (exact) mass is 119 g/mol. The molecule has 3 nitrogen and oxygen atoms in total. The van der Waals surface area contributed by atoms with Gasteiger partial charge in [0.15, 0.2) is 0 Å². The van der Waals surface area contributed by atoms with E-state index in [-0.39, 0.29) is 0 Å². The van der Waals surface area contributed by atoms with Crippen molar-refractivity contribution in [3.8, 4) is 6.07 Å². The first kappa shape index (κ1) is 5.57. The Morgan fingerprint density at radius 2 is 2.67 bits per heavy atom. The summed E-state index contributed by atoms with van der Waals surface area (Å²) in [4.78, 5) is 0. The molecular weight excluding hydrogens is 114 g/mol. The van der Waals surface area contributed by atoms with E-state index in [0.29, 0.717) is 0 Å². The van der Waals surface area contributed by atoms with Gasteiger partial charge < -0.3 is 0 Å². The summed E-state index contributed by atoms with van der Waals surface area (Å²) < 4.78 is 0. The lowest BCUT2D eigenvalue weighted by molar-refractivity contribution is 1.08. The van der Waals surface area contributed by atoms with Crippen molar-refractivity contribution in [3.05, 3.63) is 24.0 Å². The molecule has 0 bridgehead atoms. The fourth-order valence-electron chi connectivity index (χ4n) is 0.487. The molecule has 0 aliphatic rings. The third-order valence-electron chi connectivity index (χ3n) is 0.851. The van der Waals surface area contributed by atoms with Gasteiger partial charge in [-0.05, 0) is 12.1 Å². The fraction of sp³-hybridized carbons (Fsp3) is 0. The van der Waals surface area contributed by atoms with Gasteiger partial charge in [-0.3, -0.25) is 5.10 Å². The van der Waals surface area contributed by atoms with Crippen molar-refractivity contribution < 1.29 is 0 Å². The standard InChI is InChI=1S/C6H5N3/c7-4-1-2-6-3-5-8-9-6/h1-3,5H,(H,8,9). The molecule has 3 heteroatoms. The van der Waals surface area contributed by atoms with Gasteiger partial charge in [-0.2, -0.15) is 10.4 Å². The molecule has 1 aromatic heterocycles. The third kappa shape index (κ3) is 1.42. The van der Waals surface area contributed by atoms with Crippen LogP contribution in [0.5, 0.6) is 0 Å². The van der Waals surface area contributed by atoms with E-state index >= 15 is 0 Å². The van der Waals surface area contributed by atoms with E-state index in [1.165, 1.54) is 6.08 Å². The average Bonchev–Trinajstić information content (AvgIpc) is 2.34. The summed E-state index contributed by atoms with van der Waals surface area (Å²) in [6, 6.07) is 3.66.